The minimum atomic E-state index is -0.788. The van der Waals surface area contributed by atoms with Crippen LogP contribution in [0, 0.1) is 0 Å². The Morgan fingerprint density at radius 2 is 0.850 bits per heavy atom. The number of ether oxygens (including phenoxy) is 2. The number of benzene rings is 4. The van der Waals surface area contributed by atoms with Gasteiger partial charge in [-0.05, 0) is 22.3 Å². The molecule has 4 aromatic rings. The second-order valence-electron chi connectivity index (χ2n) is 9.97. The molecule has 40 heavy (non-hydrogen) atoms. The van der Waals surface area contributed by atoms with E-state index >= 15 is 0 Å². The summed E-state index contributed by atoms with van der Waals surface area (Å²) >= 11 is 0. The predicted molar refractivity (Wildman–Crippen MR) is 147 cm³/mol. The Morgan fingerprint density at radius 1 is 0.500 bits per heavy atom. The van der Waals surface area contributed by atoms with Crippen molar-refractivity contribution in [1.29, 1.82) is 0 Å². The van der Waals surface area contributed by atoms with Crippen molar-refractivity contribution >= 4 is 23.5 Å². The van der Waals surface area contributed by atoms with Crippen LogP contribution >= 0.6 is 0 Å². The van der Waals surface area contributed by atoms with E-state index in [1.54, 1.807) is 48.5 Å². The summed E-state index contributed by atoms with van der Waals surface area (Å²) in [6.45, 7) is -0.339. The van der Waals surface area contributed by atoms with Crippen molar-refractivity contribution in [2.75, 3.05) is 13.2 Å². The molecule has 2 aliphatic rings. The zero-order valence-electron chi connectivity index (χ0n) is 21.6. The molecule has 4 aromatic carbocycles. The second-order valence-corrected chi connectivity index (χ2v) is 9.97. The van der Waals surface area contributed by atoms with Gasteiger partial charge in [0.15, 0.2) is 11.6 Å². The lowest BCUT2D eigenvalue weighted by Gasteiger charge is -2.20. The van der Waals surface area contributed by atoms with Gasteiger partial charge in [0.05, 0.1) is 23.7 Å². The van der Waals surface area contributed by atoms with E-state index in [-0.39, 0.29) is 24.8 Å². The molecular formula is C34H26O6. The molecule has 0 radical (unpaired) electrons. The first-order chi connectivity index (χ1) is 19.6. The second kappa shape index (κ2) is 10.7. The van der Waals surface area contributed by atoms with Crippen LogP contribution in [0.25, 0.3) is 0 Å². The van der Waals surface area contributed by atoms with Crippen LogP contribution in [-0.4, -0.2) is 36.7 Å². The average Bonchev–Trinajstić information content (AvgIpc) is 3.47. The molecule has 0 aromatic heterocycles. The summed E-state index contributed by atoms with van der Waals surface area (Å²) < 4.78 is 11.1. The fraction of sp³-hybridized carbons (Fsp3) is 0.176. The Labute approximate surface area is 231 Å². The number of carbonyl (C=O) groups is 4. The number of hydrogen-bond acceptors (Lipinski definition) is 6. The van der Waals surface area contributed by atoms with Gasteiger partial charge >= 0.3 is 11.9 Å². The van der Waals surface area contributed by atoms with Crippen LogP contribution in [-0.2, 0) is 19.1 Å². The standard InChI is InChI=1S/C34H26O6/c35-31-25-17-9-7-15-23(25)29(27(31)21-11-3-1-4-12-21)33(37)39-19-20-40-34(38)30-24-16-8-10-18-26(24)32(36)28(30)22-13-5-2-6-14-22/h1-18,27-30H,19-20H2. The summed E-state index contributed by atoms with van der Waals surface area (Å²) in [5.74, 6) is -4.27. The van der Waals surface area contributed by atoms with Crippen molar-refractivity contribution in [3.63, 3.8) is 0 Å². The third-order valence-corrected chi connectivity index (χ3v) is 7.75. The maximum absolute atomic E-state index is 13.3. The normalized spacial score (nSPS) is 21.0. The first kappa shape index (κ1) is 25.4. The van der Waals surface area contributed by atoms with Gasteiger partial charge < -0.3 is 9.47 Å². The Bertz CT molecular complexity index is 1470. The molecule has 0 aliphatic heterocycles. The van der Waals surface area contributed by atoms with Crippen LogP contribution in [0.1, 0.15) is 66.6 Å². The smallest absolute Gasteiger partial charge is 0.314 e. The van der Waals surface area contributed by atoms with Gasteiger partial charge in [0.25, 0.3) is 0 Å². The van der Waals surface area contributed by atoms with Crippen molar-refractivity contribution < 1.29 is 28.7 Å². The van der Waals surface area contributed by atoms with Crippen molar-refractivity contribution in [3.05, 3.63) is 143 Å². The van der Waals surface area contributed by atoms with E-state index < -0.39 is 35.6 Å². The van der Waals surface area contributed by atoms with Gasteiger partial charge in [-0.1, -0.05) is 109 Å². The number of carbonyl (C=O) groups excluding carboxylic acids is 4. The Morgan fingerprint density at radius 3 is 1.25 bits per heavy atom. The van der Waals surface area contributed by atoms with Gasteiger partial charge in [-0.3, -0.25) is 19.2 Å². The van der Waals surface area contributed by atoms with Crippen LogP contribution in [0.15, 0.2) is 109 Å². The summed E-state index contributed by atoms with van der Waals surface area (Å²) in [6, 6.07) is 32.6. The Kier molecular flexibility index (Phi) is 6.83. The molecule has 4 atom stereocenters. The summed E-state index contributed by atoms with van der Waals surface area (Å²) in [7, 11) is 0. The molecule has 4 unspecified atom stereocenters. The van der Waals surface area contributed by atoms with E-state index in [0.29, 0.717) is 22.3 Å². The van der Waals surface area contributed by atoms with Crippen LogP contribution in [0.5, 0.6) is 0 Å². The van der Waals surface area contributed by atoms with Crippen molar-refractivity contribution in [2.24, 2.45) is 0 Å². The minimum Gasteiger partial charge on any atom is -0.462 e. The Hall–Kier alpha value is -4.84. The number of ketones is 2. The third kappa shape index (κ3) is 4.41. The fourth-order valence-corrected chi connectivity index (χ4v) is 5.98. The van der Waals surface area contributed by atoms with E-state index in [1.165, 1.54) is 0 Å². The molecular weight excluding hydrogens is 504 g/mol. The molecule has 6 nitrogen and oxygen atoms in total. The molecule has 0 fully saturated rings. The van der Waals surface area contributed by atoms with E-state index in [0.717, 1.165) is 11.1 Å². The average molecular weight is 531 g/mol. The van der Waals surface area contributed by atoms with E-state index in [9.17, 15) is 19.2 Å². The van der Waals surface area contributed by atoms with Crippen molar-refractivity contribution in [1.82, 2.24) is 0 Å². The van der Waals surface area contributed by atoms with Gasteiger partial charge in [-0.2, -0.15) is 0 Å². The van der Waals surface area contributed by atoms with Crippen molar-refractivity contribution in [2.45, 2.75) is 23.7 Å². The fourth-order valence-electron chi connectivity index (χ4n) is 5.98. The Balaban J connectivity index is 1.15. The topological polar surface area (TPSA) is 86.7 Å². The SMILES string of the molecule is O=C1c2ccccc2C(C(=O)OCCOC(=O)C2c3ccccc3C(=O)C2c2ccccc2)C1c1ccccc1. The number of hydrogen-bond donors (Lipinski definition) is 0. The largest absolute Gasteiger partial charge is 0.462 e. The van der Waals surface area contributed by atoms with Crippen LogP contribution in [0.3, 0.4) is 0 Å². The van der Waals surface area contributed by atoms with Crippen LogP contribution in [0.4, 0.5) is 0 Å². The minimum absolute atomic E-state index is 0.119. The summed E-state index contributed by atoms with van der Waals surface area (Å²) in [5, 5.41) is 0. The van der Waals surface area contributed by atoms with Crippen LogP contribution in [0.2, 0.25) is 0 Å². The van der Waals surface area contributed by atoms with E-state index in [2.05, 4.69) is 0 Å². The zero-order chi connectivity index (χ0) is 27.6. The highest BCUT2D eigenvalue weighted by Gasteiger charge is 2.46. The molecule has 0 spiro atoms. The van der Waals surface area contributed by atoms with E-state index in [1.807, 2.05) is 60.7 Å². The van der Waals surface area contributed by atoms with Crippen LogP contribution < -0.4 is 0 Å². The first-order valence-electron chi connectivity index (χ1n) is 13.3. The summed E-state index contributed by atoms with van der Waals surface area (Å²) in [5.41, 5.74) is 3.79. The van der Waals surface area contributed by atoms with E-state index in [4.69, 9.17) is 9.47 Å². The molecule has 0 saturated heterocycles. The highest BCUT2D eigenvalue weighted by Crippen LogP contribution is 2.46. The molecule has 0 amide bonds. The van der Waals surface area contributed by atoms with Gasteiger partial charge in [-0.25, -0.2) is 0 Å². The first-order valence-corrected chi connectivity index (χ1v) is 13.3. The molecule has 0 heterocycles. The molecule has 6 rings (SSSR count). The monoisotopic (exact) mass is 530 g/mol. The number of Topliss-reactive ketones (excluding diaryl/α,β-unsaturated/α-hetero) is 2. The number of fused-ring (bicyclic) bond motifs is 2. The molecule has 0 bridgehead atoms. The van der Waals surface area contributed by atoms with Gasteiger partial charge in [-0.15, -0.1) is 0 Å². The maximum Gasteiger partial charge on any atom is 0.314 e. The highest BCUT2D eigenvalue weighted by atomic mass is 16.6. The maximum atomic E-state index is 13.3. The predicted octanol–water partition coefficient (Wildman–Crippen LogP) is 5.60. The lowest BCUT2D eigenvalue weighted by atomic mass is 9.86. The lowest BCUT2D eigenvalue weighted by molar-refractivity contribution is -0.154. The lowest BCUT2D eigenvalue weighted by Crippen LogP contribution is -2.25. The number of esters is 2. The summed E-state index contributed by atoms with van der Waals surface area (Å²) in [6.07, 6.45) is 0. The molecule has 0 N–H and O–H groups in total. The van der Waals surface area contributed by atoms with Gasteiger partial charge in [0.2, 0.25) is 0 Å². The molecule has 2 aliphatic carbocycles. The third-order valence-electron chi connectivity index (χ3n) is 7.75. The highest BCUT2D eigenvalue weighted by molar-refractivity contribution is 6.11. The van der Waals surface area contributed by atoms with Gasteiger partial charge in [0.1, 0.15) is 13.2 Å². The summed E-state index contributed by atoms with van der Waals surface area (Å²) in [4.78, 5) is 53.1. The zero-order valence-corrected chi connectivity index (χ0v) is 21.6. The van der Waals surface area contributed by atoms with Gasteiger partial charge in [0, 0.05) is 11.1 Å². The molecule has 198 valence electrons. The molecule has 0 saturated carbocycles. The molecule has 6 heteroatoms. The van der Waals surface area contributed by atoms with Crippen molar-refractivity contribution in [3.8, 4) is 0 Å². The quantitative estimate of drug-likeness (QED) is 0.228. The number of rotatable bonds is 7.